The normalized spacial score (nSPS) is 10.5. The van der Waals surface area contributed by atoms with Gasteiger partial charge in [-0.15, -0.1) is 0 Å². The third-order valence-corrected chi connectivity index (χ3v) is 4.35. The minimum Gasteiger partial charge on any atom is -0.497 e. The fourth-order valence-electron chi connectivity index (χ4n) is 2.65. The molecule has 0 saturated carbocycles. The first-order valence-electron chi connectivity index (χ1n) is 9.57. The molecule has 0 atom stereocenters. The van der Waals surface area contributed by atoms with Gasteiger partial charge in [0.1, 0.15) is 17.2 Å². The van der Waals surface area contributed by atoms with Crippen molar-refractivity contribution in [3.8, 4) is 28.4 Å². The van der Waals surface area contributed by atoms with Gasteiger partial charge >= 0.3 is 11.9 Å². The lowest BCUT2D eigenvalue weighted by Gasteiger charge is -2.07. The van der Waals surface area contributed by atoms with Crippen molar-refractivity contribution in [3.63, 3.8) is 0 Å². The summed E-state index contributed by atoms with van der Waals surface area (Å²) in [4.78, 5) is 23.6. The summed E-state index contributed by atoms with van der Waals surface area (Å²) in [6, 6.07) is 21.6. The van der Waals surface area contributed by atoms with E-state index in [9.17, 15) is 9.59 Å². The van der Waals surface area contributed by atoms with Crippen LogP contribution in [0, 0.1) is 0 Å². The molecule has 0 unspecified atom stereocenters. The highest BCUT2D eigenvalue weighted by molar-refractivity contribution is 5.89. The van der Waals surface area contributed by atoms with E-state index < -0.39 is 11.9 Å². The second kappa shape index (κ2) is 10.1. The molecule has 0 aliphatic rings. The van der Waals surface area contributed by atoms with Crippen LogP contribution in [0.15, 0.2) is 91.0 Å². The summed E-state index contributed by atoms with van der Waals surface area (Å²) in [5, 5.41) is 0. The van der Waals surface area contributed by atoms with E-state index in [0.29, 0.717) is 17.1 Å². The number of benzene rings is 3. The van der Waals surface area contributed by atoms with Crippen LogP contribution in [0.25, 0.3) is 17.2 Å². The van der Waals surface area contributed by atoms with Crippen LogP contribution < -0.4 is 14.2 Å². The van der Waals surface area contributed by atoms with Crippen molar-refractivity contribution in [2.24, 2.45) is 0 Å². The molecular weight excluding hydrogens is 392 g/mol. The van der Waals surface area contributed by atoms with Crippen molar-refractivity contribution in [1.82, 2.24) is 0 Å². The Labute approximate surface area is 181 Å². The van der Waals surface area contributed by atoms with Gasteiger partial charge in [-0.3, -0.25) is 0 Å². The number of rotatable bonds is 7. The summed E-state index contributed by atoms with van der Waals surface area (Å²) in [5.74, 6) is 0.723. The fourth-order valence-corrected chi connectivity index (χ4v) is 2.65. The quantitative estimate of drug-likeness (QED) is 0.292. The summed E-state index contributed by atoms with van der Waals surface area (Å²) in [7, 11) is 1.60. The van der Waals surface area contributed by atoms with Gasteiger partial charge in [-0.25, -0.2) is 9.59 Å². The molecule has 0 aromatic heterocycles. The Morgan fingerprint density at radius 2 is 1.23 bits per heavy atom. The van der Waals surface area contributed by atoms with Gasteiger partial charge in [0.15, 0.2) is 0 Å². The van der Waals surface area contributed by atoms with Crippen LogP contribution in [0.2, 0.25) is 0 Å². The topological polar surface area (TPSA) is 61.8 Å². The van der Waals surface area contributed by atoms with Crippen molar-refractivity contribution in [2.45, 2.75) is 6.92 Å². The van der Waals surface area contributed by atoms with Gasteiger partial charge in [-0.05, 0) is 66.1 Å². The van der Waals surface area contributed by atoms with Gasteiger partial charge in [-0.1, -0.05) is 43.0 Å². The van der Waals surface area contributed by atoms with Gasteiger partial charge in [0.2, 0.25) is 0 Å². The lowest BCUT2D eigenvalue weighted by Crippen LogP contribution is -2.07. The van der Waals surface area contributed by atoms with Crippen LogP contribution in [0.1, 0.15) is 12.5 Å². The number of esters is 2. The molecule has 5 heteroatoms. The zero-order valence-electron chi connectivity index (χ0n) is 17.3. The van der Waals surface area contributed by atoms with Crippen molar-refractivity contribution in [2.75, 3.05) is 7.11 Å². The smallest absolute Gasteiger partial charge is 0.338 e. The number of ether oxygens (including phenoxy) is 3. The molecule has 0 aliphatic carbocycles. The number of hydrogen-bond donors (Lipinski definition) is 0. The standard InChI is InChI=1S/C26H22O5/c1-18(2)26(28)31-24-15-9-21(10-16-24)20-7-13-23(14-8-20)30-25(27)17-6-19-4-11-22(29-3)12-5-19/h4-17H,1H2,2-3H3/b17-6+. The maximum atomic E-state index is 12.1. The van der Waals surface area contributed by atoms with Crippen molar-refractivity contribution >= 4 is 18.0 Å². The number of hydrogen-bond acceptors (Lipinski definition) is 5. The predicted molar refractivity (Wildman–Crippen MR) is 120 cm³/mol. The molecular formula is C26H22O5. The summed E-state index contributed by atoms with van der Waals surface area (Å²) < 4.78 is 15.6. The minimum absolute atomic E-state index is 0.341. The summed E-state index contributed by atoms with van der Waals surface area (Å²) in [6.07, 6.45) is 3.05. The monoisotopic (exact) mass is 414 g/mol. The van der Waals surface area contributed by atoms with Gasteiger partial charge in [0, 0.05) is 11.6 Å². The largest absolute Gasteiger partial charge is 0.497 e. The van der Waals surface area contributed by atoms with Crippen LogP contribution in [-0.2, 0) is 9.59 Å². The van der Waals surface area contributed by atoms with Crippen LogP contribution in [0.5, 0.6) is 17.2 Å². The molecule has 0 spiro atoms. The van der Waals surface area contributed by atoms with E-state index in [0.717, 1.165) is 22.4 Å². The van der Waals surface area contributed by atoms with Gasteiger partial charge < -0.3 is 14.2 Å². The second-order valence-corrected chi connectivity index (χ2v) is 6.75. The highest BCUT2D eigenvalue weighted by atomic mass is 16.5. The number of methoxy groups -OCH3 is 1. The number of carbonyl (C=O) groups is 2. The van der Waals surface area contributed by atoms with Crippen LogP contribution in [0.4, 0.5) is 0 Å². The molecule has 0 heterocycles. The van der Waals surface area contributed by atoms with E-state index in [1.54, 1.807) is 44.4 Å². The van der Waals surface area contributed by atoms with Crippen molar-refractivity contribution in [3.05, 3.63) is 96.6 Å². The van der Waals surface area contributed by atoms with Crippen LogP contribution in [-0.4, -0.2) is 19.0 Å². The fraction of sp³-hybridized carbons (Fsp3) is 0.0769. The zero-order valence-corrected chi connectivity index (χ0v) is 17.3. The van der Waals surface area contributed by atoms with Gasteiger partial charge in [0.25, 0.3) is 0 Å². The number of carbonyl (C=O) groups excluding carboxylic acids is 2. The van der Waals surface area contributed by atoms with Crippen LogP contribution in [0.3, 0.4) is 0 Å². The lowest BCUT2D eigenvalue weighted by molar-refractivity contribution is -0.130. The Balaban J connectivity index is 1.59. The van der Waals surface area contributed by atoms with E-state index in [2.05, 4.69) is 6.58 Å². The second-order valence-electron chi connectivity index (χ2n) is 6.75. The summed E-state index contributed by atoms with van der Waals surface area (Å²) in [5.41, 5.74) is 3.08. The molecule has 0 aliphatic heterocycles. The Hall–Kier alpha value is -4.12. The average Bonchev–Trinajstić information content (AvgIpc) is 2.79. The molecule has 0 fully saturated rings. The maximum absolute atomic E-state index is 12.1. The van der Waals surface area contributed by atoms with Crippen LogP contribution >= 0.6 is 0 Å². The predicted octanol–water partition coefficient (Wildman–Crippen LogP) is 5.46. The molecule has 0 bridgehead atoms. The van der Waals surface area contributed by atoms with Gasteiger partial charge in [-0.2, -0.15) is 0 Å². The first-order valence-corrected chi connectivity index (χ1v) is 9.57. The molecule has 5 nitrogen and oxygen atoms in total. The lowest BCUT2D eigenvalue weighted by atomic mass is 10.1. The molecule has 0 radical (unpaired) electrons. The Morgan fingerprint density at radius 1 is 0.742 bits per heavy atom. The zero-order chi connectivity index (χ0) is 22.2. The van der Waals surface area contributed by atoms with E-state index >= 15 is 0 Å². The highest BCUT2D eigenvalue weighted by Crippen LogP contribution is 2.25. The minimum atomic E-state index is -0.466. The highest BCUT2D eigenvalue weighted by Gasteiger charge is 2.06. The third kappa shape index (κ3) is 6.18. The van der Waals surface area contributed by atoms with Crippen molar-refractivity contribution in [1.29, 1.82) is 0 Å². The Kier molecular flexibility index (Phi) is 7.01. The summed E-state index contributed by atoms with van der Waals surface area (Å²) in [6.45, 7) is 5.16. The molecule has 31 heavy (non-hydrogen) atoms. The van der Waals surface area contributed by atoms with Crippen molar-refractivity contribution < 1.29 is 23.8 Å². The first-order chi connectivity index (χ1) is 14.9. The van der Waals surface area contributed by atoms with E-state index in [4.69, 9.17) is 14.2 Å². The Bertz CT molecular complexity index is 1090. The molecule has 0 N–H and O–H groups in total. The maximum Gasteiger partial charge on any atom is 0.338 e. The molecule has 0 amide bonds. The van der Waals surface area contributed by atoms with E-state index in [1.165, 1.54) is 6.08 Å². The molecule has 3 aromatic carbocycles. The Morgan fingerprint density at radius 3 is 1.71 bits per heavy atom. The molecule has 3 rings (SSSR count). The van der Waals surface area contributed by atoms with E-state index in [-0.39, 0.29) is 0 Å². The van der Waals surface area contributed by atoms with Gasteiger partial charge in [0.05, 0.1) is 7.11 Å². The first kappa shape index (κ1) is 21.6. The SMILES string of the molecule is C=C(C)C(=O)Oc1ccc(-c2ccc(OC(=O)/C=C/c3ccc(OC)cc3)cc2)cc1. The third-order valence-electron chi connectivity index (χ3n) is 4.35. The molecule has 156 valence electrons. The molecule has 3 aromatic rings. The average molecular weight is 414 g/mol. The van der Waals surface area contributed by atoms with E-state index in [1.807, 2.05) is 48.5 Å². The summed E-state index contributed by atoms with van der Waals surface area (Å²) >= 11 is 0. The molecule has 0 saturated heterocycles.